The minimum atomic E-state index is -3.05. The third-order valence-corrected chi connectivity index (χ3v) is 4.67. The number of aryl methyl sites for hydroxylation is 2. The fraction of sp³-hybridized carbons (Fsp3) is 0.261. The number of carbonyl (C=O) groups is 2. The van der Waals surface area contributed by atoms with E-state index in [9.17, 15) is 18.4 Å². The smallest absolute Gasteiger partial charge is 0.387 e. The molecule has 0 radical (unpaired) electrons. The number of ether oxygens (including phenoxy) is 3. The van der Waals surface area contributed by atoms with Crippen LogP contribution in [0.15, 0.2) is 53.1 Å². The van der Waals surface area contributed by atoms with Crippen molar-refractivity contribution >= 4 is 17.6 Å². The van der Waals surface area contributed by atoms with Gasteiger partial charge in [0.2, 0.25) is 0 Å². The Morgan fingerprint density at radius 3 is 2.42 bits per heavy atom. The van der Waals surface area contributed by atoms with Crippen molar-refractivity contribution in [2.45, 2.75) is 40.1 Å². The fourth-order valence-electron chi connectivity index (χ4n) is 2.84. The topological polar surface area (TPSA) is 99.9 Å². The predicted octanol–water partition coefficient (Wildman–Crippen LogP) is 4.66. The molecule has 0 aliphatic heterocycles. The Kier molecular flexibility index (Phi) is 7.60. The molecule has 0 aliphatic rings. The number of amides is 1. The van der Waals surface area contributed by atoms with Crippen LogP contribution in [0, 0.1) is 13.8 Å². The molecule has 1 amide bonds. The van der Waals surface area contributed by atoms with E-state index in [2.05, 4.69) is 15.2 Å². The van der Waals surface area contributed by atoms with Gasteiger partial charge in [-0.15, -0.1) is 0 Å². The molecule has 8 nitrogen and oxygen atoms in total. The molecule has 0 saturated heterocycles. The van der Waals surface area contributed by atoms with Crippen LogP contribution < -0.4 is 14.8 Å². The summed E-state index contributed by atoms with van der Waals surface area (Å²) in [4.78, 5) is 24.7. The Morgan fingerprint density at radius 1 is 1.09 bits per heavy atom. The van der Waals surface area contributed by atoms with E-state index < -0.39 is 24.6 Å². The molecule has 0 spiro atoms. The summed E-state index contributed by atoms with van der Waals surface area (Å²) in [5, 5.41) is 6.28. The van der Waals surface area contributed by atoms with Gasteiger partial charge in [0.05, 0.1) is 22.5 Å². The van der Waals surface area contributed by atoms with Crippen LogP contribution in [0.1, 0.15) is 34.3 Å². The molecule has 1 N–H and O–H groups in total. The summed E-state index contributed by atoms with van der Waals surface area (Å²) in [6.07, 6.45) is -1.19. The van der Waals surface area contributed by atoms with Gasteiger partial charge in [-0.3, -0.25) is 4.79 Å². The molecule has 10 heteroatoms. The van der Waals surface area contributed by atoms with E-state index in [0.717, 1.165) is 11.3 Å². The average Bonchev–Trinajstić information content (AvgIpc) is 3.10. The lowest BCUT2D eigenvalue weighted by Gasteiger charge is -2.16. The zero-order valence-electron chi connectivity index (χ0n) is 18.1. The third-order valence-electron chi connectivity index (χ3n) is 4.67. The summed E-state index contributed by atoms with van der Waals surface area (Å²) in [6, 6.07) is 11.9. The molecule has 0 aliphatic carbocycles. The van der Waals surface area contributed by atoms with E-state index in [1.54, 1.807) is 25.1 Å². The molecule has 1 atom stereocenters. The van der Waals surface area contributed by atoms with E-state index in [1.165, 1.54) is 37.3 Å². The van der Waals surface area contributed by atoms with Crippen molar-refractivity contribution in [3.05, 3.63) is 71.1 Å². The minimum Gasteiger partial charge on any atom is -0.489 e. The van der Waals surface area contributed by atoms with Crippen LogP contribution in [0.25, 0.3) is 0 Å². The lowest BCUT2D eigenvalue weighted by atomic mass is 10.2. The molecule has 0 fully saturated rings. The van der Waals surface area contributed by atoms with Crippen molar-refractivity contribution < 1.29 is 37.1 Å². The zero-order chi connectivity index (χ0) is 24.0. The monoisotopic (exact) mass is 460 g/mol. The van der Waals surface area contributed by atoms with Gasteiger partial charge in [0, 0.05) is 0 Å². The van der Waals surface area contributed by atoms with Gasteiger partial charge < -0.3 is 24.1 Å². The zero-order valence-corrected chi connectivity index (χ0v) is 18.1. The van der Waals surface area contributed by atoms with Gasteiger partial charge in [-0.2, -0.15) is 8.78 Å². The van der Waals surface area contributed by atoms with E-state index in [1.807, 2.05) is 6.92 Å². The van der Waals surface area contributed by atoms with Gasteiger partial charge in [0.1, 0.15) is 23.9 Å². The molecule has 1 unspecified atom stereocenters. The summed E-state index contributed by atoms with van der Waals surface area (Å²) in [6.45, 7) is 2.19. The molecule has 1 heterocycles. The van der Waals surface area contributed by atoms with Crippen molar-refractivity contribution in [1.29, 1.82) is 0 Å². The molecule has 0 bridgehead atoms. The van der Waals surface area contributed by atoms with E-state index in [-0.39, 0.29) is 23.6 Å². The number of carbonyl (C=O) groups excluding carboxylic acids is 2. The summed E-state index contributed by atoms with van der Waals surface area (Å²) in [5.74, 6) is -0.442. The first-order chi connectivity index (χ1) is 15.7. The number of nitrogens with one attached hydrogen (secondary N) is 1. The highest BCUT2D eigenvalue weighted by atomic mass is 19.3. The van der Waals surface area contributed by atoms with Gasteiger partial charge in [0.25, 0.3) is 5.91 Å². The number of halogens is 2. The number of benzene rings is 2. The number of rotatable bonds is 9. The summed E-state index contributed by atoms with van der Waals surface area (Å²) in [7, 11) is 0. The Labute approximate surface area is 188 Å². The molecule has 0 saturated carbocycles. The first kappa shape index (κ1) is 23.7. The minimum absolute atomic E-state index is 0.0329. The Morgan fingerprint density at radius 2 is 1.79 bits per heavy atom. The van der Waals surface area contributed by atoms with Gasteiger partial charge in [-0.05, 0) is 57.2 Å². The standard InChI is InChI=1S/C23H22F2N2O6/c1-13-18(14(2)33-27-13)12-30-17-10-8-16(9-11-17)22(29)31-15(3)21(28)26-19-6-4-5-7-20(19)32-23(24)25/h4-11,15,23H,12H2,1-3H3,(H,26,28). The second-order valence-electron chi connectivity index (χ2n) is 7.03. The molecule has 33 heavy (non-hydrogen) atoms. The number of nitrogens with zero attached hydrogens (tertiary/aromatic N) is 1. The van der Waals surface area contributed by atoms with Gasteiger partial charge in [-0.25, -0.2) is 4.79 Å². The van der Waals surface area contributed by atoms with Crippen LogP contribution in [-0.4, -0.2) is 29.7 Å². The Hall–Kier alpha value is -3.95. The summed E-state index contributed by atoms with van der Waals surface area (Å²) in [5.41, 5.74) is 1.83. The van der Waals surface area contributed by atoms with Crippen molar-refractivity contribution in [3.8, 4) is 11.5 Å². The first-order valence-corrected chi connectivity index (χ1v) is 9.95. The molecular weight excluding hydrogens is 438 g/mol. The predicted molar refractivity (Wildman–Crippen MR) is 113 cm³/mol. The number of hydrogen-bond donors (Lipinski definition) is 1. The number of esters is 1. The normalized spacial score (nSPS) is 11.7. The second kappa shape index (κ2) is 10.6. The maximum absolute atomic E-state index is 12.5. The van der Waals surface area contributed by atoms with Gasteiger partial charge in [0.15, 0.2) is 6.10 Å². The summed E-state index contributed by atoms with van der Waals surface area (Å²) < 4.78 is 45.4. The molecule has 3 rings (SSSR count). The van der Waals surface area contributed by atoms with Gasteiger partial charge in [-0.1, -0.05) is 17.3 Å². The highest BCUT2D eigenvalue weighted by Gasteiger charge is 2.21. The van der Waals surface area contributed by atoms with E-state index in [4.69, 9.17) is 14.0 Å². The number of anilines is 1. The fourth-order valence-corrected chi connectivity index (χ4v) is 2.84. The third kappa shape index (κ3) is 6.28. The molecule has 174 valence electrons. The van der Waals surface area contributed by atoms with Crippen molar-refractivity contribution in [3.63, 3.8) is 0 Å². The molecule has 2 aromatic carbocycles. The molecule has 3 aromatic rings. The van der Waals surface area contributed by atoms with E-state index in [0.29, 0.717) is 11.5 Å². The molecule has 1 aromatic heterocycles. The Balaban J connectivity index is 1.55. The maximum Gasteiger partial charge on any atom is 0.387 e. The van der Waals surface area contributed by atoms with E-state index >= 15 is 0 Å². The lowest BCUT2D eigenvalue weighted by molar-refractivity contribution is -0.123. The van der Waals surface area contributed by atoms with Crippen LogP contribution in [0.5, 0.6) is 11.5 Å². The highest BCUT2D eigenvalue weighted by Crippen LogP contribution is 2.26. The second-order valence-corrected chi connectivity index (χ2v) is 7.03. The first-order valence-electron chi connectivity index (χ1n) is 9.95. The summed E-state index contributed by atoms with van der Waals surface area (Å²) >= 11 is 0. The van der Waals surface area contributed by atoms with Gasteiger partial charge >= 0.3 is 12.6 Å². The van der Waals surface area contributed by atoms with Crippen LogP contribution in [-0.2, 0) is 16.1 Å². The largest absolute Gasteiger partial charge is 0.489 e. The Bertz CT molecular complexity index is 1090. The maximum atomic E-state index is 12.5. The number of hydrogen-bond acceptors (Lipinski definition) is 7. The van der Waals surface area contributed by atoms with Crippen molar-refractivity contribution in [1.82, 2.24) is 5.16 Å². The van der Waals surface area contributed by atoms with Crippen LogP contribution in [0.3, 0.4) is 0 Å². The van der Waals surface area contributed by atoms with Crippen LogP contribution in [0.4, 0.5) is 14.5 Å². The average molecular weight is 460 g/mol. The quantitative estimate of drug-likeness (QED) is 0.464. The number of aromatic nitrogens is 1. The molecular formula is C23H22F2N2O6. The van der Waals surface area contributed by atoms with Crippen LogP contribution in [0.2, 0.25) is 0 Å². The SMILES string of the molecule is Cc1noc(C)c1COc1ccc(C(=O)OC(C)C(=O)Nc2ccccc2OC(F)F)cc1. The number of para-hydroxylation sites is 2. The highest BCUT2D eigenvalue weighted by molar-refractivity contribution is 5.98. The van der Waals surface area contributed by atoms with Crippen LogP contribution >= 0.6 is 0 Å². The lowest BCUT2D eigenvalue weighted by Crippen LogP contribution is -2.30. The van der Waals surface area contributed by atoms with Crippen molar-refractivity contribution in [2.24, 2.45) is 0 Å². The number of alkyl halides is 2. The van der Waals surface area contributed by atoms with Crippen molar-refractivity contribution in [2.75, 3.05) is 5.32 Å².